The Morgan fingerprint density at radius 1 is 1.24 bits per heavy atom. The first-order valence-corrected chi connectivity index (χ1v) is 5.97. The molecule has 2 aromatic rings. The van der Waals surface area contributed by atoms with Crippen molar-refractivity contribution in [3.8, 4) is 11.4 Å². The Morgan fingerprint density at radius 2 is 1.94 bits per heavy atom. The van der Waals surface area contributed by atoms with E-state index in [0.717, 1.165) is 24.1 Å². The lowest BCUT2D eigenvalue weighted by atomic mass is 10.2. The highest BCUT2D eigenvalue weighted by atomic mass is 35.5. The fourth-order valence-corrected chi connectivity index (χ4v) is 1.94. The highest BCUT2D eigenvalue weighted by Gasteiger charge is 2.25. The van der Waals surface area contributed by atoms with Crippen LogP contribution in [0.15, 0.2) is 35.1 Å². The Hall–Kier alpha value is -1.61. The molecule has 0 radical (unpaired) electrons. The Kier molecular flexibility index (Phi) is 2.48. The first kappa shape index (κ1) is 10.5. The van der Waals surface area contributed by atoms with Crippen LogP contribution in [0.1, 0.15) is 24.5 Å². The van der Waals surface area contributed by atoms with Crippen LogP contribution in [0.4, 0.5) is 0 Å². The smallest absolute Gasteiger partial charge is 0.251 e. The van der Waals surface area contributed by atoms with Crippen LogP contribution in [0, 0.1) is 0 Å². The molecular formula is C13H11ClN2O. The van der Waals surface area contributed by atoms with E-state index < -0.39 is 0 Å². The number of aromatic amines is 1. The van der Waals surface area contributed by atoms with Gasteiger partial charge in [0.2, 0.25) is 0 Å². The van der Waals surface area contributed by atoms with Crippen LogP contribution in [0.25, 0.3) is 11.4 Å². The Morgan fingerprint density at radius 3 is 2.59 bits per heavy atom. The number of hydrogen-bond acceptors (Lipinski definition) is 2. The number of H-pyrrole nitrogens is 1. The van der Waals surface area contributed by atoms with E-state index in [2.05, 4.69) is 9.97 Å². The molecule has 1 aliphatic carbocycles. The zero-order valence-electron chi connectivity index (χ0n) is 9.11. The Balaban J connectivity index is 2.07. The fourth-order valence-electron chi connectivity index (χ4n) is 1.81. The summed E-state index contributed by atoms with van der Waals surface area (Å²) in [6, 6.07) is 8.90. The van der Waals surface area contributed by atoms with Gasteiger partial charge in [0, 0.05) is 22.6 Å². The van der Waals surface area contributed by atoms with Gasteiger partial charge >= 0.3 is 0 Å². The molecule has 0 atom stereocenters. The Bertz CT molecular complexity index is 600. The van der Waals surface area contributed by atoms with Crippen molar-refractivity contribution < 1.29 is 0 Å². The molecule has 1 aliphatic rings. The number of rotatable bonds is 2. The standard InChI is InChI=1S/C13H11ClN2O/c14-10-5-3-9(4-6-10)13-15-11(8-1-2-8)7-12(17)16-13/h3-8H,1-2H2,(H,15,16,17). The molecule has 0 aliphatic heterocycles. The summed E-state index contributed by atoms with van der Waals surface area (Å²) in [5.41, 5.74) is 1.69. The number of nitrogens with zero attached hydrogens (tertiary/aromatic N) is 1. The largest absolute Gasteiger partial charge is 0.307 e. The third kappa shape index (κ3) is 2.24. The van der Waals surface area contributed by atoms with Crippen LogP contribution in [-0.2, 0) is 0 Å². The van der Waals surface area contributed by atoms with E-state index in [1.165, 1.54) is 0 Å². The first-order valence-electron chi connectivity index (χ1n) is 5.59. The quantitative estimate of drug-likeness (QED) is 0.886. The van der Waals surface area contributed by atoms with Gasteiger partial charge in [0.25, 0.3) is 5.56 Å². The summed E-state index contributed by atoms with van der Waals surface area (Å²) >= 11 is 5.83. The second-order valence-corrected chi connectivity index (χ2v) is 4.74. The monoisotopic (exact) mass is 246 g/mol. The number of hydrogen-bond donors (Lipinski definition) is 1. The molecule has 0 spiro atoms. The molecule has 0 amide bonds. The highest BCUT2D eigenvalue weighted by Crippen LogP contribution is 2.38. The number of halogens is 1. The van der Waals surface area contributed by atoms with Crippen LogP contribution >= 0.6 is 11.6 Å². The van der Waals surface area contributed by atoms with Crippen LogP contribution in [-0.4, -0.2) is 9.97 Å². The first-order chi connectivity index (χ1) is 8.22. The molecule has 0 bridgehead atoms. The summed E-state index contributed by atoms with van der Waals surface area (Å²) in [4.78, 5) is 18.8. The van der Waals surface area contributed by atoms with Crippen molar-refractivity contribution in [1.29, 1.82) is 0 Å². The molecule has 1 saturated carbocycles. The van der Waals surface area contributed by atoms with Gasteiger partial charge in [-0.05, 0) is 37.1 Å². The lowest BCUT2D eigenvalue weighted by Crippen LogP contribution is -2.09. The van der Waals surface area contributed by atoms with Crippen LogP contribution < -0.4 is 5.56 Å². The third-order valence-electron chi connectivity index (χ3n) is 2.87. The van der Waals surface area contributed by atoms with E-state index in [4.69, 9.17) is 11.6 Å². The minimum absolute atomic E-state index is 0.0909. The average molecular weight is 247 g/mol. The maximum atomic E-state index is 11.6. The van der Waals surface area contributed by atoms with Crippen molar-refractivity contribution >= 4 is 11.6 Å². The average Bonchev–Trinajstić information content (AvgIpc) is 3.13. The number of nitrogens with one attached hydrogen (secondary N) is 1. The maximum absolute atomic E-state index is 11.6. The zero-order valence-corrected chi connectivity index (χ0v) is 9.87. The van der Waals surface area contributed by atoms with E-state index >= 15 is 0 Å². The van der Waals surface area contributed by atoms with Crippen molar-refractivity contribution in [3.05, 3.63) is 51.4 Å². The van der Waals surface area contributed by atoms with E-state index in [0.29, 0.717) is 16.8 Å². The molecule has 1 heterocycles. The highest BCUT2D eigenvalue weighted by molar-refractivity contribution is 6.30. The van der Waals surface area contributed by atoms with Gasteiger partial charge in [0.05, 0.1) is 5.69 Å². The molecule has 3 nitrogen and oxygen atoms in total. The molecule has 1 fully saturated rings. The van der Waals surface area contributed by atoms with E-state index in [9.17, 15) is 4.79 Å². The number of benzene rings is 1. The summed E-state index contributed by atoms with van der Waals surface area (Å²) in [5, 5.41) is 0.675. The molecule has 4 heteroatoms. The maximum Gasteiger partial charge on any atom is 0.251 e. The van der Waals surface area contributed by atoms with Crippen molar-refractivity contribution in [2.45, 2.75) is 18.8 Å². The zero-order chi connectivity index (χ0) is 11.8. The van der Waals surface area contributed by atoms with Gasteiger partial charge in [-0.25, -0.2) is 4.98 Å². The SMILES string of the molecule is O=c1cc(C2CC2)nc(-c2ccc(Cl)cc2)[nH]1. The van der Waals surface area contributed by atoms with Crippen LogP contribution in [0.3, 0.4) is 0 Å². The predicted octanol–water partition coefficient (Wildman–Crippen LogP) is 2.97. The van der Waals surface area contributed by atoms with Gasteiger partial charge in [-0.1, -0.05) is 11.6 Å². The van der Waals surface area contributed by atoms with Gasteiger partial charge in [-0.2, -0.15) is 0 Å². The van der Waals surface area contributed by atoms with Crippen molar-refractivity contribution in [2.24, 2.45) is 0 Å². The molecular weight excluding hydrogens is 236 g/mol. The second kappa shape index (κ2) is 4.00. The van der Waals surface area contributed by atoms with Gasteiger partial charge in [-0.15, -0.1) is 0 Å². The van der Waals surface area contributed by atoms with Crippen LogP contribution in [0.2, 0.25) is 5.02 Å². The van der Waals surface area contributed by atoms with Gasteiger partial charge < -0.3 is 4.98 Å². The molecule has 86 valence electrons. The molecule has 1 aromatic heterocycles. The summed E-state index contributed by atoms with van der Waals surface area (Å²) in [6.07, 6.45) is 2.27. The molecule has 1 N–H and O–H groups in total. The topological polar surface area (TPSA) is 45.8 Å². The van der Waals surface area contributed by atoms with Crippen molar-refractivity contribution in [3.63, 3.8) is 0 Å². The van der Waals surface area contributed by atoms with E-state index in [-0.39, 0.29) is 5.56 Å². The number of aromatic nitrogens is 2. The summed E-state index contributed by atoms with van der Waals surface area (Å²) in [6.45, 7) is 0. The second-order valence-electron chi connectivity index (χ2n) is 4.30. The minimum atomic E-state index is -0.0909. The fraction of sp³-hybridized carbons (Fsp3) is 0.231. The Labute approximate surface area is 103 Å². The van der Waals surface area contributed by atoms with E-state index in [1.807, 2.05) is 12.1 Å². The molecule has 3 rings (SSSR count). The van der Waals surface area contributed by atoms with Crippen molar-refractivity contribution in [2.75, 3.05) is 0 Å². The summed E-state index contributed by atoms with van der Waals surface area (Å²) in [7, 11) is 0. The predicted molar refractivity (Wildman–Crippen MR) is 67.3 cm³/mol. The molecule has 1 aromatic carbocycles. The summed E-state index contributed by atoms with van der Waals surface area (Å²) in [5.74, 6) is 1.10. The molecule has 0 unspecified atom stereocenters. The van der Waals surface area contributed by atoms with Gasteiger partial charge in [0.15, 0.2) is 0 Å². The van der Waals surface area contributed by atoms with Crippen LogP contribution in [0.5, 0.6) is 0 Å². The normalized spacial score (nSPS) is 14.9. The lowest BCUT2D eigenvalue weighted by Gasteiger charge is -2.03. The van der Waals surface area contributed by atoms with E-state index in [1.54, 1.807) is 18.2 Å². The van der Waals surface area contributed by atoms with Crippen molar-refractivity contribution in [1.82, 2.24) is 9.97 Å². The molecule has 17 heavy (non-hydrogen) atoms. The third-order valence-corrected chi connectivity index (χ3v) is 3.13. The van der Waals surface area contributed by atoms with Gasteiger partial charge in [0.1, 0.15) is 5.82 Å². The minimum Gasteiger partial charge on any atom is -0.307 e. The summed E-state index contributed by atoms with van der Waals surface area (Å²) < 4.78 is 0. The lowest BCUT2D eigenvalue weighted by molar-refractivity contribution is 0.977. The van der Waals surface area contributed by atoms with Gasteiger partial charge in [-0.3, -0.25) is 4.79 Å². The molecule has 0 saturated heterocycles.